The second-order valence-electron chi connectivity index (χ2n) is 5.60. The number of nitrogens with one attached hydrogen (secondary N) is 2. The molecule has 0 bridgehead atoms. The topological polar surface area (TPSA) is 75.7 Å². The Bertz CT molecular complexity index is 734. The maximum absolute atomic E-state index is 12.0. The van der Waals surface area contributed by atoms with Gasteiger partial charge in [-0.05, 0) is 23.8 Å². The van der Waals surface area contributed by atoms with Gasteiger partial charge in [0.1, 0.15) is 5.82 Å². The van der Waals surface area contributed by atoms with Crippen molar-refractivity contribution in [2.24, 2.45) is 0 Å². The Kier molecular flexibility index (Phi) is 4.69. The molecule has 0 radical (unpaired) electrons. The summed E-state index contributed by atoms with van der Waals surface area (Å²) in [5.74, 6) is 2.28. The number of hydrogen-bond acceptors (Lipinski definition) is 5. The van der Waals surface area contributed by atoms with Crippen LogP contribution in [0.2, 0.25) is 0 Å². The standard InChI is InChI=1S/C17H20N4O3/c1-21(2)16-13(4-3-7-18-16)10-20-17(22)19-9-12-5-6-14-15(8-12)24-11-23-14/h3-8H,9-11H2,1-2H3,(H2,19,20,22). The van der Waals surface area contributed by atoms with Crippen LogP contribution in [0.5, 0.6) is 11.5 Å². The number of nitrogens with zero attached hydrogens (tertiary/aromatic N) is 2. The summed E-state index contributed by atoms with van der Waals surface area (Å²) in [6.07, 6.45) is 1.73. The number of amides is 2. The van der Waals surface area contributed by atoms with E-state index in [1.165, 1.54) is 0 Å². The number of hydrogen-bond donors (Lipinski definition) is 2. The van der Waals surface area contributed by atoms with Crippen molar-refractivity contribution in [3.63, 3.8) is 0 Å². The largest absolute Gasteiger partial charge is 0.454 e. The highest BCUT2D eigenvalue weighted by Crippen LogP contribution is 2.32. The van der Waals surface area contributed by atoms with Gasteiger partial charge in [0.15, 0.2) is 11.5 Å². The Labute approximate surface area is 140 Å². The SMILES string of the molecule is CN(C)c1ncccc1CNC(=O)NCc1ccc2c(c1)OCO2. The van der Waals surface area contributed by atoms with E-state index in [2.05, 4.69) is 15.6 Å². The first kappa shape index (κ1) is 15.9. The van der Waals surface area contributed by atoms with Gasteiger partial charge >= 0.3 is 6.03 Å². The fourth-order valence-electron chi connectivity index (χ4n) is 2.44. The second kappa shape index (κ2) is 7.08. The summed E-state index contributed by atoms with van der Waals surface area (Å²) in [5.41, 5.74) is 1.91. The lowest BCUT2D eigenvalue weighted by Gasteiger charge is -2.16. The van der Waals surface area contributed by atoms with Gasteiger partial charge in [-0.1, -0.05) is 12.1 Å². The van der Waals surface area contributed by atoms with Crippen molar-refractivity contribution in [2.75, 3.05) is 25.8 Å². The minimum atomic E-state index is -0.235. The van der Waals surface area contributed by atoms with Crippen molar-refractivity contribution in [1.82, 2.24) is 15.6 Å². The Morgan fingerprint density at radius 2 is 1.96 bits per heavy atom. The van der Waals surface area contributed by atoms with Gasteiger partial charge in [-0.15, -0.1) is 0 Å². The minimum Gasteiger partial charge on any atom is -0.454 e. The summed E-state index contributed by atoms with van der Waals surface area (Å²) < 4.78 is 10.6. The van der Waals surface area contributed by atoms with Crippen molar-refractivity contribution in [3.8, 4) is 11.5 Å². The molecule has 2 N–H and O–H groups in total. The third-order valence-corrected chi connectivity index (χ3v) is 3.62. The summed E-state index contributed by atoms with van der Waals surface area (Å²) in [4.78, 5) is 18.2. The highest BCUT2D eigenvalue weighted by Gasteiger charge is 2.13. The van der Waals surface area contributed by atoms with Crippen LogP contribution >= 0.6 is 0 Å². The number of urea groups is 1. The van der Waals surface area contributed by atoms with Crippen LogP contribution in [-0.2, 0) is 13.1 Å². The van der Waals surface area contributed by atoms with Gasteiger partial charge in [0.25, 0.3) is 0 Å². The van der Waals surface area contributed by atoms with Gasteiger partial charge in [-0.3, -0.25) is 0 Å². The summed E-state index contributed by atoms with van der Waals surface area (Å²) in [6.45, 7) is 1.07. The zero-order valence-corrected chi connectivity index (χ0v) is 13.7. The molecule has 3 rings (SSSR count). The molecule has 7 nitrogen and oxygen atoms in total. The molecule has 0 saturated heterocycles. The molecule has 0 unspecified atom stereocenters. The van der Waals surface area contributed by atoms with Gasteiger partial charge in [0.2, 0.25) is 6.79 Å². The van der Waals surface area contributed by atoms with Gasteiger partial charge in [-0.2, -0.15) is 0 Å². The van der Waals surface area contributed by atoms with E-state index in [9.17, 15) is 4.79 Å². The normalized spacial score (nSPS) is 11.9. The second-order valence-corrected chi connectivity index (χ2v) is 5.60. The summed E-state index contributed by atoms with van der Waals surface area (Å²) in [6, 6.07) is 9.18. The number of anilines is 1. The molecular weight excluding hydrogens is 308 g/mol. The highest BCUT2D eigenvalue weighted by molar-refractivity contribution is 5.74. The lowest BCUT2D eigenvalue weighted by molar-refractivity contribution is 0.174. The van der Waals surface area contributed by atoms with Gasteiger partial charge in [0.05, 0.1) is 0 Å². The molecule has 0 aliphatic carbocycles. The third-order valence-electron chi connectivity index (χ3n) is 3.62. The molecule has 2 aromatic rings. The smallest absolute Gasteiger partial charge is 0.315 e. The first-order valence-corrected chi connectivity index (χ1v) is 7.65. The maximum atomic E-state index is 12.0. The number of ether oxygens (including phenoxy) is 2. The number of aromatic nitrogens is 1. The van der Waals surface area contributed by atoms with Crippen LogP contribution in [0.4, 0.5) is 10.6 Å². The zero-order chi connectivity index (χ0) is 16.9. The maximum Gasteiger partial charge on any atom is 0.315 e. The predicted molar refractivity (Wildman–Crippen MR) is 90.2 cm³/mol. The third kappa shape index (κ3) is 3.68. The number of rotatable bonds is 5. The van der Waals surface area contributed by atoms with E-state index in [0.717, 1.165) is 22.7 Å². The molecule has 0 saturated carbocycles. The number of pyridine rings is 1. The van der Waals surface area contributed by atoms with Gasteiger partial charge < -0.3 is 25.0 Å². The van der Waals surface area contributed by atoms with Crippen LogP contribution in [0.25, 0.3) is 0 Å². The average Bonchev–Trinajstić information content (AvgIpc) is 3.06. The van der Waals surface area contributed by atoms with Gasteiger partial charge in [0, 0.05) is 38.9 Å². The van der Waals surface area contributed by atoms with E-state index in [-0.39, 0.29) is 12.8 Å². The quantitative estimate of drug-likeness (QED) is 0.876. The van der Waals surface area contributed by atoms with E-state index in [1.807, 2.05) is 49.3 Å². The van der Waals surface area contributed by atoms with Crippen molar-refractivity contribution >= 4 is 11.8 Å². The predicted octanol–water partition coefficient (Wildman–Crippen LogP) is 1.88. The average molecular weight is 328 g/mol. The first-order valence-electron chi connectivity index (χ1n) is 7.65. The van der Waals surface area contributed by atoms with Gasteiger partial charge in [-0.25, -0.2) is 9.78 Å². The molecule has 24 heavy (non-hydrogen) atoms. The van der Waals surface area contributed by atoms with Crippen molar-refractivity contribution in [1.29, 1.82) is 0 Å². The van der Waals surface area contributed by atoms with Crippen LogP contribution in [-0.4, -0.2) is 31.9 Å². The van der Waals surface area contributed by atoms with E-state index in [0.29, 0.717) is 18.8 Å². The minimum absolute atomic E-state index is 0.235. The molecule has 7 heteroatoms. The Morgan fingerprint density at radius 3 is 2.79 bits per heavy atom. The molecule has 0 fully saturated rings. The van der Waals surface area contributed by atoms with Crippen LogP contribution in [0.15, 0.2) is 36.5 Å². The molecule has 2 heterocycles. The fourth-order valence-corrected chi connectivity index (χ4v) is 2.44. The number of benzene rings is 1. The van der Waals surface area contributed by atoms with Crippen LogP contribution < -0.4 is 25.0 Å². The van der Waals surface area contributed by atoms with Crippen LogP contribution in [0, 0.1) is 0 Å². The number of carbonyl (C=O) groups is 1. The Morgan fingerprint density at radius 1 is 1.17 bits per heavy atom. The first-order chi connectivity index (χ1) is 11.6. The molecule has 1 aliphatic rings. The molecule has 1 aliphatic heterocycles. The molecule has 0 atom stereocenters. The van der Waals surface area contributed by atoms with Crippen molar-refractivity contribution < 1.29 is 14.3 Å². The molecule has 1 aromatic heterocycles. The molecule has 2 amide bonds. The lowest BCUT2D eigenvalue weighted by Crippen LogP contribution is -2.35. The van der Waals surface area contributed by atoms with E-state index >= 15 is 0 Å². The van der Waals surface area contributed by atoms with Crippen LogP contribution in [0.3, 0.4) is 0 Å². The summed E-state index contributed by atoms with van der Waals surface area (Å²) in [7, 11) is 3.84. The Balaban J connectivity index is 1.51. The fraction of sp³-hybridized carbons (Fsp3) is 0.294. The van der Waals surface area contributed by atoms with Crippen LogP contribution in [0.1, 0.15) is 11.1 Å². The Hall–Kier alpha value is -2.96. The van der Waals surface area contributed by atoms with E-state index < -0.39 is 0 Å². The molecular formula is C17H20N4O3. The van der Waals surface area contributed by atoms with E-state index in [1.54, 1.807) is 6.20 Å². The summed E-state index contributed by atoms with van der Waals surface area (Å²) in [5, 5.41) is 5.67. The zero-order valence-electron chi connectivity index (χ0n) is 13.7. The monoisotopic (exact) mass is 328 g/mol. The van der Waals surface area contributed by atoms with Crippen molar-refractivity contribution in [3.05, 3.63) is 47.7 Å². The highest BCUT2D eigenvalue weighted by atomic mass is 16.7. The number of fused-ring (bicyclic) bond motifs is 1. The number of carbonyl (C=O) groups excluding carboxylic acids is 1. The van der Waals surface area contributed by atoms with Crippen molar-refractivity contribution in [2.45, 2.75) is 13.1 Å². The molecule has 0 spiro atoms. The summed E-state index contributed by atoms with van der Waals surface area (Å²) >= 11 is 0. The van der Waals surface area contributed by atoms with E-state index in [4.69, 9.17) is 9.47 Å². The molecule has 126 valence electrons. The molecule has 1 aromatic carbocycles. The lowest BCUT2D eigenvalue weighted by atomic mass is 10.2.